The van der Waals surface area contributed by atoms with Gasteiger partial charge in [0.05, 0.1) is 0 Å². The summed E-state index contributed by atoms with van der Waals surface area (Å²) in [6.07, 6.45) is 0. The Morgan fingerprint density at radius 3 is 2.08 bits per heavy atom. The zero-order valence-corrected chi connectivity index (χ0v) is 8.12. The predicted octanol–water partition coefficient (Wildman–Crippen LogP) is -2.78. The molecule has 1 rings (SSSR count). The molecule has 1 heterocycles. The van der Waals surface area contributed by atoms with Crippen LogP contribution in [0.4, 0.5) is 4.79 Å². The fourth-order valence-electron chi connectivity index (χ4n) is 0.596. The molecule has 1 fully saturated rings. The Balaban J connectivity index is 0.00000121. The number of amides is 3. The van der Waals surface area contributed by atoms with Crippen LogP contribution in [0.1, 0.15) is 0 Å². The second kappa shape index (κ2) is 3.40. The molecule has 1 unspecified atom stereocenters. The van der Waals surface area contributed by atoms with E-state index in [4.69, 9.17) is 10.2 Å². The van der Waals surface area contributed by atoms with Crippen molar-refractivity contribution in [1.82, 2.24) is 10.6 Å². The number of aliphatic carboxylic acids is 1. The summed E-state index contributed by atoms with van der Waals surface area (Å²) in [6.45, 7) is 0. The quantitative estimate of drug-likeness (QED) is 0.199. The fraction of sp³-hybridized carbons (Fsp3) is 0.250. The van der Waals surface area contributed by atoms with Crippen LogP contribution in [-0.4, -0.2) is 63.4 Å². The summed E-state index contributed by atoms with van der Waals surface area (Å²) < 4.78 is 0. The predicted molar refractivity (Wildman–Crippen MR) is 35.0 cm³/mol. The first-order chi connectivity index (χ1) is 4.97. The monoisotopic (exact) mass is 183 g/mol. The molecule has 0 aliphatic carbocycles. The summed E-state index contributed by atoms with van der Waals surface area (Å²) in [5, 5.41) is 20.2. The zero-order chi connectivity index (χ0) is 8.65. The fourth-order valence-corrected chi connectivity index (χ4v) is 0.596. The van der Waals surface area contributed by atoms with Gasteiger partial charge in [0.2, 0.25) is 0 Å². The molecule has 1 aliphatic rings. The molecule has 3 amide bonds. The van der Waals surface area contributed by atoms with Crippen LogP contribution < -0.4 is 10.6 Å². The van der Waals surface area contributed by atoms with Gasteiger partial charge in [-0.15, -0.1) is 0 Å². The second-order valence-electron chi connectivity index (χ2n) is 1.92. The maximum Gasteiger partial charge on any atom is 0.367 e. The molecule has 8 heteroatoms. The Labute approximate surface area is 88.4 Å². The molecule has 0 aromatic carbocycles. The largest absolute Gasteiger partial charge is 0.477 e. The number of carbonyl (C=O) groups excluding carboxylic acids is 2. The third-order valence-electron chi connectivity index (χ3n) is 1.16. The molecule has 4 N–H and O–H groups in total. The summed E-state index contributed by atoms with van der Waals surface area (Å²) >= 11 is 0. The Morgan fingerprint density at radius 2 is 1.92 bits per heavy atom. The third-order valence-corrected chi connectivity index (χ3v) is 1.16. The Kier molecular flexibility index (Phi) is 3.22. The van der Waals surface area contributed by atoms with Gasteiger partial charge in [-0.3, -0.25) is 15.4 Å². The van der Waals surface area contributed by atoms with Gasteiger partial charge in [0.15, 0.2) is 0 Å². The molecule has 61 valence electrons. The summed E-state index contributed by atoms with van der Waals surface area (Å²) in [5.74, 6) is -3.10. The van der Waals surface area contributed by atoms with E-state index < -0.39 is 23.6 Å². The van der Waals surface area contributed by atoms with E-state index in [1.54, 1.807) is 5.32 Å². The van der Waals surface area contributed by atoms with Gasteiger partial charge in [0.25, 0.3) is 5.91 Å². The molecule has 1 radical (unpaired) electrons. The summed E-state index contributed by atoms with van der Waals surface area (Å²) in [5.41, 5.74) is -2.81. The van der Waals surface area contributed by atoms with Crippen molar-refractivity contribution < 1.29 is 24.6 Å². The molecule has 0 bridgehead atoms. The standard InChI is InChI=1S/C4H4N2O5.Na/c7-1-4(11,2(8)9)6-3(10)5-1;/h11H,(H,8,9)(H2,5,6,7,10);. The van der Waals surface area contributed by atoms with E-state index in [1.165, 1.54) is 5.32 Å². The number of hydrogen-bond acceptors (Lipinski definition) is 4. The zero-order valence-electron chi connectivity index (χ0n) is 6.12. The first-order valence-corrected chi connectivity index (χ1v) is 2.56. The van der Waals surface area contributed by atoms with E-state index in [0.717, 1.165) is 0 Å². The van der Waals surface area contributed by atoms with Crippen molar-refractivity contribution in [2.75, 3.05) is 0 Å². The van der Waals surface area contributed by atoms with Gasteiger partial charge in [0.1, 0.15) is 0 Å². The Bertz CT molecular complexity index is 254. The molecular weight excluding hydrogens is 179 g/mol. The molecular formula is C4H4N2NaO5. The molecule has 12 heavy (non-hydrogen) atoms. The number of nitrogens with one attached hydrogen (secondary N) is 2. The van der Waals surface area contributed by atoms with Gasteiger partial charge in [-0.2, -0.15) is 0 Å². The summed E-state index contributed by atoms with van der Waals surface area (Å²) in [7, 11) is 0. The van der Waals surface area contributed by atoms with Crippen molar-refractivity contribution in [3.05, 3.63) is 0 Å². The molecule has 1 atom stereocenters. The Hall–Kier alpha value is -0.630. The SMILES string of the molecule is O=C1NC(=O)C(O)(C(=O)O)N1.[Na]. The summed E-state index contributed by atoms with van der Waals surface area (Å²) in [4.78, 5) is 31.0. The second-order valence-corrected chi connectivity index (χ2v) is 1.92. The van der Waals surface area contributed by atoms with E-state index in [1.807, 2.05) is 0 Å². The van der Waals surface area contributed by atoms with Crippen molar-refractivity contribution >= 4 is 47.5 Å². The van der Waals surface area contributed by atoms with Crippen LogP contribution in [-0.2, 0) is 9.59 Å². The van der Waals surface area contributed by atoms with Gasteiger partial charge >= 0.3 is 17.7 Å². The first kappa shape index (κ1) is 11.4. The number of imide groups is 1. The minimum absolute atomic E-state index is 0. The van der Waals surface area contributed by atoms with Gasteiger partial charge in [0, 0.05) is 29.6 Å². The molecule has 0 aromatic rings. The average molecular weight is 183 g/mol. The van der Waals surface area contributed by atoms with Crippen LogP contribution in [0.25, 0.3) is 0 Å². The minimum atomic E-state index is -2.81. The van der Waals surface area contributed by atoms with Gasteiger partial charge in [-0.1, -0.05) is 0 Å². The van der Waals surface area contributed by atoms with Crippen LogP contribution in [0.5, 0.6) is 0 Å². The number of carboxylic acid groups (broad SMARTS) is 1. The number of carbonyl (C=O) groups is 3. The smallest absolute Gasteiger partial charge is 0.367 e. The molecule has 0 aromatic heterocycles. The Morgan fingerprint density at radius 1 is 1.42 bits per heavy atom. The van der Waals surface area contributed by atoms with E-state index in [-0.39, 0.29) is 29.6 Å². The van der Waals surface area contributed by atoms with Gasteiger partial charge < -0.3 is 10.2 Å². The topological polar surface area (TPSA) is 116 Å². The average Bonchev–Trinajstić information content (AvgIpc) is 2.08. The van der Waals surface area contributed by atoms with Crippen molar-refractivity contribution in [1.29, 1.82) is 0 Å². The van der Waals surface area contributed by atoms with Gasteiger partial charge in [-0.05, 0) is 0 Å². The molecule has 1 aliphatic heterocycles. The molecule has 7 nitrogen and oxygen atoms in total. The van der Waals surface area contributed by atoms with Crippen LogP contribution in [0.2, 0.25) is 0 Å². The van der Waals surface area contributed by atoms with Crippen molar-refractivity contribution in [3.63, 3.8) is 0 Å². The van der Waals surface area contributed by atoms with Crippen molar-refractivity contribution in [2.45, 2.75) is 5.72 Å². The van der Waals surface area contributed by atoms with Gasteiger partial charge in [-0.25, -0.2) is 9.59 Å². The van der Waals surface area contributed by atoms with E-state index in [9.17, 15) is 14.4 Å². The first-order valence-electron chi connectivity index (χ1n) is 2.56. The molecule has 0 saturated carbocycles. The normalized spacial score (nSPS) is 27.1. The van der Waals surface area contributed by atoms with Crippen molar-refractivity contribution in [2.24, 2.45) is 0 Å². The van der Waals surface area contributed by atoms with E-state index in [0.29, 0.717) is 0 Å². The van der Waals surface area contributed by atoms with Crippen LogP contribution in [0.3, 0.4) is 0 Å². The number of hydrogen-bond donors (Lipinski definition) is 4. The maximum absolute atomic E-state index is 10.5. The maximum atomic E-state index is 10.5. The van der Waals surface area contributed by atoms with Crippen LogP contribution in [0, 0.1) is 0 Å². The minimum Gasteiger partial charge on any atom is -0.477 e. The van der Waals surface area contributed by atoms with E-state index in [2.05, 4.69) is 0 Å². The summed E-state index contributed by atoms with van der Waals surface area (Å²) in [6, 6.07) is -1.03. The molecule has 0 spiro atoms. The van der Waals surface area contributed by atoms with E-state index >= 15 is 0 Å². The number of rotatable bonds is 1. The molecule has 1 saturated heterocycles. The number of urea groups is 1. The van der Waals surface area contributed by atoms with Crippen molar-refractivity contribution in [3.8, 4) is 0 Å². The van der Waals surface area contributed by atoms with Crippen LogP contribution >= 0.6 is 0 Å². The number of aliphatic hydroxyl groups is 1. The number of carboxylic acids is 1. The van der Waals surface area contributed by atoms with Crippen LogP contribution in [0.15, 0.2) is 0 Å². The third kappa shape index (κ3) is 1.58.